The smallest absolute Gasteiger partial charge is 0.162 e. The largest absolute Gasteiger partial charge is 0.381 e. The molecule has 0 unspecified atom stereocenters. The van der Waals surface area contributed by atoms with Crippen molar-refractivity contribution < 1.29 is 13.9 Å². The van der Waals surface area contributed by atoms with E-state index in [0.717, 1.165) is 59.0 Å². The van der Waals surface area contributed by atoms with E-state index in [0.29, 0.717) is 49.8 Å². The summed E-state index contributed by atoms with van der Waals surface area (Å²) in [6, 6.07) is 12.2. The summed E-state index contributed by atoms with van der Waals surface area (Å²) in [5, 5.41) is 3.46. The second-order valence-electron chi connectivity index (χ2n) is 11.0. The summed E-state index contributed by atoms with van der Waals surface area (Å²) in [6.45, 7) is 8.96. The van der Waals surface area contributed by atoms with Gasteiger partial charge in [0.25, 0.3) is 0 Å². The predicted molar refractivity (Wildman–Crippen MR) is 155 cm³/mol. The Hall–Kier alpha value is -3.62. The van der Waals surface area contributed by atoms with Crippen molar-refractivity contribution in [3.05, 3.63) is 76.7 Å². The SMILES string of the molecule is CCc1c(-c2cnc3cc(C)ccn23)ccc(Nc2ccc([C@H]3CCOC3)c(CN3CC[C@@H](F)C3)n2)c1C(C)=O. The summed E-state index contributed by atoms with van der Waals surface area (Å²) >= 11 is 0. The van der Waals surface area contributed by atoms with Crippen molar-refractivity contribution in [3.8, 4) is 11.3 Å². The number of aryl methyl sites for hydroxylation is 1. The van der Waals surface area contributed by atoms with E-state index in [1.807, 2.05) is 24.5 Å². The van der Waals surface area contributed by atoms with Gasteiger partial charge in [-0.2, -0.15) is 0 Å². The first-order chi connectivity index (χ1) is 19.4. The quantitative estimate of drug-likeness (QED) is 0.266. The molecule has 2 atom stereocenters. The van der Waals surface area contributed by atoms with Crippen molar-refractivity contribution in [1.29, 1.82) is 0 Å². The maximum absolute atomic E-state index is 13.9. The Morgan fingerprint density at radius 3 is 2.80 bits per heavy atom. The van der Waals surface area contributed by atoms with E-state index < -0.39 is 6.17 Å². The molecule has 2 fully saturated rings. The number of likely N-dealkylation sites (tertiary alicyclic amines) is 1. The minimum Gasteiger partial charge on any atom is -0.381 e. The fraction of sp³-hybridized carbons (Fsp3) is 0.406. The summed E-state index contributed by atoms with van der Waals surface area (Å²) in [4.78, 5) is 24.9. The molecule has 6 rings (SSSR count). The number of nitrogens with one attached hydrogen (secondary N) is 1. The van der Waals surface area contributed by atoms with Gasteiger partial charge < -0.3 is 10.1 Å². The van der Waals surface area contributed by atoms with Crippen LogP contribution in [0.2, 0.25) is 0 Å². The van der Waals surface area contributed by atoms with Crippen LogP contribution in [0.1, 0.15) is 65.3 Å². The number of anilines is 2. The molecule has 40 heavy (non-hydrogen) atoms. The average molecular weight is 542 g/mol. The van der Waals surface area contributed by atoms with Crippen molar-refractivity contribution in [3.63, 3.8) is 0 Å². The molecule has 0 radical (unpaired) electrons. The fourth-order valence-electron chi connectivity index (χ4n) is 6.18. The number of nitrogens with zero attached hydrogens (tertiary/aromatic N) is 4. The van der Waals surface area contributed by atoms with Crippen LogP contribution in [0.4, 0.5) is 15.9 Å². The molecule has 2 saturated heterocycles. The van der Waals surface area contributed by atoms with Crippen molar-refractivity contribution in [2.24, 2.45) is 0 Å². The number of ether oxygens (including phenoxy) is 1. The molecule has 1 aromatic carbocycles. The number of fused-ring (bicyclic) bond motifs is 1. The summed E-state index contributed by atoms with van der Waals surface area (Å²) in [7, 11) is 0. The van der Waals surface area contributed by atoms with Crippen LogP contribution in [0.5, 0.6) is 0 Å². The molecule has 0 spiro atoms. The highest BCUT2D eigenvalue weighted by Gasteiger charge is 2.27. The number of Topliss-reactive ketones (excluding diaryl/α,β-unsaturated/α-hetero) is 1. The Labute approximate surface area is 234 Å². The summed E-state index contributed by atoms with van der Waals surface area (Å²) in [6.07, 6.45) is 5.35. The molecule has 208 valence electrons. The number of pyridine rings is 2. The average Bonchev–Trinajstić information content (AvgIpc) is 3.70. The minimum atomic E-state index is -0.777. The Bertz CT molecular complexity index is 1560. The summed E-state index contributed by atoms with van der Waals surface area (Å²) < 4.78 is 21.7. The zero-order valence-electron chi connectivity index (χ0n) is 23.4. The highest BCUT2D eigenvalue weighted by molar-refractivity contribution is 6.03. The molecular formula is C32H36FN5O2. The molecule has 8 heteroatoms. The molecule has 7 nitrogen and oxygen atoms in total. The van der Waals surface area contributed by atoms with Gasteiger partial charge in [0.2, 0.25) is 0 Å². The first-order valence-electron chi connectivity index (χ1n) is 14.2. The number of alkyl halides is 1. The third kappa shape index (κ3) is 5.13. The van der Waals surface area contributed by atoms with Crippen molar-refractivity contribution >= 4 is 22.9 Å². The van der Waals surface area contributed by atoms with Crippen LogP contribution in [-0.2, 0) is 17.7 Å². The minimum absolute atomic E-state index is 0.00290. The molecule has 3 aromatic heterocycles. The maximum atomic E-state index is 13.9. The molecule has 5 heterocycles. The number of hydrogen-bond donors (Lipinski definition) is 1. The summed E-state index contributed by atoms with van der Waals surface area (Å²) in [5.74, 6) is 0.974. The van der Waals surface area contributed by atoms with E-state index in [1.165, 1.54) is 5.56 Å². The van der Waals surface area contributed by atoms with Crippen LogP contribution in [0.25, 0.3) is 16.9 Å². The van der Waals surface area contributed by atoms with Crippen LogP contribution in [0.15, 0.2) is 48.8 Å². The highest BCUT2D eigenvalue weighted by atomic mass is 19.1. The predicted octanol–water partition coefficient (Wildman–Crippen LogP) is 6.26. The molecule has 0 amide bonds. The standard InChI is InChI=1S/C32H36FN5O2/c1-4-24-26(29-16-34-31-15-20(2)9-13-38(29)31)5-7-27(32(24)21(3)39)35-30-8-6-25(22-11-14-40-19-22)28(36-30)18-37-12-10-23(33)17-37/h5-9,13,15-16,22-23H,4,10-12,14,17-19H2,1-3H3,(H,35,36)/t22-,23+/m0/s1. The van der Waals surface area contributed by atoms with Crippen molar-refractivity contribution in [1.82, 2.24) is 19.3 Å². The molecule has 4 aromatic rings. The lowest BCUT2D eigenvalue weighted by atomic mass is 9.93. The van der Waals surface area contributed by atoms with Gasteiger partial charge >= 0.3 is 0 Å². The highest BCUT2D eigenvalue weighted by Crippen LogP contribution is 2.35. The number of hydrogen-bond acceptors (Lipinski definition) is 6. The van der Waals surface area contributed by atoms with E-state index in [2.05, 4.69) is 57.7 Å². The van der Waals surface area contributed by atoms with Crippen LogP contribution in [0, 0.1) is 6.92 Å². The lowest BCUT2D eigenvalue weighted by Crippen LogP contribution is -2.23. The Morgan fingerprint density at radius 1 is 1.20 bits per heavy atom. The number of carbonyl (C=O) groups is 1. The molecule has 2 aliphatic heterocycles. The second kappa shape index (κ2) is 11.1. The Morgan fingerprint density at radius 2 is 2.08 bits per heavy atom. The summed E-state index contributed by atoms with van der Waals surface area (Å²) in [5.41, 5.74) is 8.48. The van der Waals surface area contributed by atoms with Gasteiger partial charge in [-0.05, 0) is 74.1 Å². The van der Waals surface area contributed by atoms with Gasteiger partial charge in [0.1, 0.15) is 17.6 Å². The monoisotopic (exact) mass is 541 g/mol. The Balaban J connectivity index is 1.37. The first-order valence-corrected chi connectivity index (χ1v) is 14.2. The van der Waals surface area contributed by atoms with Crippen LogP contribution in [0.3, 0.4) is 0 Å². The first kappa shape index (κ1) is 26.6. The molecule has 0 saturated carbocycles. The third-order valence-corrected chi connectivity index (χ3v) is 8.19. The van der Waals surface area contributed by atoms with E-state index in [4.69, 9.17) is 9.72 Å². The Kier molecular flexibility index (Phi) is 7.38. The number of imidazole rings is 1. The fourth-order valence-corrected chi connectivity index (χ4v) is 6.18. The van der Waals surface area contributed by atoms with Crippen LogP contribution in [-0.4, -0.2) is 57.5 Å². The molecule has 1 N–H and O–H groups in total. The van der Waals surface area contributed by atoms with Crippen molar-refractivity contribution in [2.75, 3.05) is 31.6 Å². The van der Waals surface area contributed by atoms with Crippen molar-refractivity contribution in [2.45, 2.75) is 58.7 Å². The lowest BCUT2D eigenvalue weighted by Gasteiger charge is -2.21. The van der Waals surface area contributed by atoms with Gasteiger partial charge in [-0.15, -0.1) is 0 Å². The van der Waals surface area contributed by atoms with Gasteiger partial charge in [0, 0.05) is 49.5 Å². The zero-order valence-corrected chi connectivity index (χ0v) is 23.4. The molecule has 0 aliphatic carbocycles. The van der Waals surface area contributed by atoms with Crippen LogP contribution >= 0.6 is 0 Å². The number of rotatable bonds is 8. The van der Waals surface area contributed by atoms with Crippen LogP contribution < -0.4 is 5.32 Å². The third-order valence-electron chi connectivity index (χ3n) is 8.19. The van der Waals surface area contributed by atoms with E-state index in [-0.39, 0.29) is 5.78 Å². The topological polar surface area (TPSA) is 71.8 Å². The number of benzene rings is 1. The van der Waals surface area contributed by atoms with Gasteiger partial charge in [-0.25, -0.2) is 14.4 Å². The number of carbonyl (C=O) groups excluding carboxylic acids is 1. The number of ketones is 1. The number of aromatic nitrogens is 3. The van der Waals surface area contributed by atoms with E-state index in [1.54, 1.807) is 6.92 Å². The molecule has 2 aliphatic rings. The second-order valence-corrected chi connectivity index (χ2v) is 11.0. The van der Waals surface area contributed by atoms with E-state index in [9.17, 15) is 9.18 Å². The molecule has 0 bridgehead atoms. The van der Waals surface area contributed by atoms with Gasteiger partial charge in [-0.3, -0.25) is 14.1 Å². The van der Waals surface area contributed by atoms with E-state index >= 15 is 0 Å². The van der Waals surface area contributed by atoms with Gasteiger partial charge in [0.05, 0.1) is 29.9 Å². The maximum Gasteiger partial charge on any atom is 0.162 e. The zero-order chi connectivity index (χ0) is 27.8. The normalized spacial score (nSPS) is 19.5. The van der Waals surface area contributed by atoms with Gasteiger partial charge in [-0.1, -0.05) is 19.1 Å². The lowest BCUT2D eigenvalue weighted by molar-refractivity contribution is 0.101. The number of halogens is 1. The van der Waals surface area contributed by atoms with Gasteiger partial charge in [0.15, 0.2) is 5.78 Å². The molecular weight excluding hydrogens is 505 g/mol.